The van der Waals surface area contributed by atoms with Gasteiger partial charge in [0.15, 0.2) is 5.69 Å². The van der Waals surface area contributed by atoms with Crippen molar-refractivity contribution in [2.24, 2.45) is 0 Å². The summed E-state index contributed by atoms with van der Waals surface area (Å²) in [5.41, 5.74) is 4.59. The van der Waals surface area contributed by atoms with E-state index in [9.17, 15) is 0 Å². The highest BCUT2D eigenvalue weighted by atomic mass is 35.5. The van der Waals surface area contributed by atoms with E-state index in [1.165, 1.54) is 30.5 Å². The summed E-state index contributed by atoms with van der Waals surface area (Å²) in [6, 6.07) is 7.89. The minimum absolute atomic E-state index is 0.0633. The lowest BCUT2D eigenvalue weighted by Crippen LogP contribution is -2.09. The molecule has 0 radical (unpaired) electrons. The van der Waals surface area contributed by atoms with Crippen LogP contribution in [0, 0.1) is 0 Å². The maximum atomic E-state index is 6.13. The first-order valence-electron chi connectivity index (χ1n) is 9.27. The SMILES string of the molecule is CC(C)(C)c1cnc(-c2nn(-c3ccc(Cl)cc3)c3c2C2CCC3C2)o1. The Balaban J connectivity index is 1.68. The van der Waals surface area contributed by atoms with E-state index in [0.717, 1.165) is 22.2 Å². The summed E-state index contributed by atoms with van der Waals surface area (Å²) in [5.74, 6) is 2.71. The zero-order valence-electron chi connectivity index (χ0n) is 15.3. The standard InChI is InChI=1S/C21H22ClN3O/c1-21(2,3)16-11-23-20(26-16)18-17-12-4-5-13(10-12)19(17)25(24-18)15-8-6-14(22)7-9-15/h6-9,11-13H,4-5,10H2,1-3H3. The van der Waals surface area contributed by atoms with Gasteiger partial charge in [-0.25, -0.2) is 9.67 Å². The minimum Gasteiger partial charge on any atom is -0.439 e. The lowest BCUT2D eigenvalue weighted by Gasteiger charge is -2.14. The number of rotatable bonds is 2. The summed E-state index contributed by atoms with van der Waals surface area (Å²) in [5, 5.41) is 5.69. The van der Waals surface area contributed by atoms with Crippen LogP contribution >= 0.6 is 11.6 Å². The lowest BCUT2D eigenvalue weighted by molar-refractivity contribution is 0.414. The summed E-state index contributed by atoms with van der Waals surface area (Å²) in [6.07, 6.45) is 5.55. The van der Waals surface area contributed by atoms with Crippen molar-refractivity contribution in [3.63, 3.8) is 0 Å². The first-order chi connectivity index (χ1) is 12.4. The van der Waals surface area contributed by atoms with E-state index < -0.39 is 0 Å². The number of hydrogen-bond acceptors (Lipinski definition) is 3. The Morgan fingerprint density at radius 1 is 1.12 bits per heavy atom. The number of hydrogen-bond donors (Lipinski definition) is 0. The van der Waals surface area contributed by atoms with Gasteiger partial charge in [0, 0.05) is 21.9 Å². The fourth-order valence-corrected chi connectivity index (χ4v) is 4.52. The van der Waals surface area contributed by atoms with Crippen LogP contribution in [0.15, 0.2) is 34.9 Å². The van der Waals surface area contributed by atoms with Gasteiger partial charge in [0.25, 0.3) is 0 Å². The smallest absolute Gasteiger partial charge is 0.247 e. The van der Waals surface area contributed by atoms with Crippen molar-refractivity contribution in [3.05, 3.63) is 52.5 Å². The predicted octanol–water partition coefficient (Wildman–Crippen LogP) is 5.84. The molecule has 5 heteroatoms. The Kier molecular flexibility index (Phi) is 3.39. The van der Waals surface area contributed by atoms with Crippen molar-refractivity contribution >= 4 is 11.6 Å². The molecular formula is C21H22ClN3O. The summed E-state index contributed by atoms with van der Waals surface area (Å²) in [4.78, 5) is 4.57. The normalized spacial score (nSPS) is 21.4. The maximum absolute atomic E-state index is 6.13. The van der Waals surface area contributed by atoms with Gasteiger partial charge in [0.2, 0.25) is 5.89 Å². The molecule has 0 aliphatic heterocycles. The second-order valence-corrected chi connectivity index (χ2v) is 8.96. The largest absolute Gasteiger partial charge is 0.439 e. The monoisotopic (exact) mass is 367 g/mol. The van der Waals surface area contributed by atoms with Crippen molar-refractivity contribution < 1.29 is 4.42 Å². The number of fused-ring (bicyclic) bond motifs is 5. The van der Waals surface area contributed by atoms with Gasteiger partial charge in [-0.1, -0.05) is 32.4 Å². The molecule has 4 nitrogen and oxygen atoms in total. The van der Waals surface area contributed by atoms with E-state index in [-0.39, 0.29) is 5.41 Å². The second kappa shape index (κ2) is 5.46. The Hall–Kier alpha value is -2.07. The molecule has 2 aliphatic carbocycles. The second-order valence-electron chi connectivity index (χ2n) is 8.52. The Morgan fingerprint density at radius 2 is 1.85 bits per heavy atom. The van der Waals surface area contributed by atoms with Crippen LogP contribution in [0.25, 0.3) is 17.3 Å². The molecule has 0 amide bonds. The van der Waals surface area contributed by atoms with Crippen LogP contribution in [0.2, 0.25) is 5.02 Å². The average molecular weight is 368 g/mol. The Morgan fingerprint density at radius 3 is 2.54 bits per heavy atom. The Labute approximate surface area is 158 Å². The highest BCUT2D eigenvalue weighted by molar-refractivity contribution is 6.30. The van der Waals surface area contributed by atoms with Crippen molar-refractivity contribution in [1.82, 2.24) is 14.8 Å². The molecule has 2 atom stereocenters. The van der Waals surface area contributed by atoms with Gasteiger partial charge in [-0.3, -0.25) is 0 Å². The summed E-state index contributed by atoms with van der Waals surface area (Å²) >= 11 is 6.07. The maximum Gasteiger partial charge on any atom is 0.247 e. The fraction of sp³-hybridized carbons (Fsp3) is 0.429. The number of oxazole rings is 1. The van der Waals surface area contributed by atoms with Gasteiger partial charge in [-0.2, -0.15) is 5.10 Å². The first-order valence-corrected chi connectivity index (χ1v) is 9.65. The zero-order valence-corrected chi connectivity index (χ0v) is 16.0. The van der Waals surface area contributed by atoms with Crippen LogP contribution < -0.4 is 0 Å². The molecule has 5 rings (SSSR count). The van der Waals surface area contributed by atoms with Gasteiger partial charge in [0.1, 0.15) is 5.76 Å². The predicted molar refractivity (Wildman–Crippen MR) is 102 cm³/mol. The molecule has 2 aliphatic rings. The van der Waals surface area contributed by atoms with Gasteiger partial charge in [-0.15, -0.1) is 0 Å². The van der Waals surface area contributed by atoms with E-state index >= 15 is 0 Å². The lowest BCUT2D eigenvalue weighted by atomic mass is 9.94. The highest BCUT2D eigenvalue weighted by Gasteiger charge is 2.44. The third-order valence-electron chi connectivity index (χ3n) is 5.71. The van der Waals surface area contributed by atoms with Crippen molar-refractivity contribution in [1.29, 1.82) is 0 Å². The molecule has 1 aromatic carbocycles. The van der Waals surface area contributed by atoms with Gasteiger partial charge < -0.3 is 4.42 Å². The van der Waals surface area contributed by atoms with E-state index in [1.807, 2.05) is 30.5 Å². The summed E-state index contributed by atoms with van der Waals surface area (Å²) in [7, 11) is 0. The molecule has 1 fully saturated rings. The van der Waals surface area contributed by atoms with Gasteiger partial charge in [-0.05, 0) is 49.4 Å². The van der Waals surface area contributed by atoms with Crippen molar-refractivity contribution in [2.45, 2.75) is 57.3 Å². The third-order valence-corrected chi connectivity index (χ3v) is 5.96. The quantitative estimate of drug-likeness (QED) is 0.571. The Bertz CT molecular complexity index is 978. The molecule has 134 valence electrons. The molecule has 2 unspecified atom stereocenters. The van der Waals surface area contributed by atoms with Crippen LogP contribution in [-0.2, 0) is 5.41 Å². The third kappa shape index (κ3) is 2.35. The first kappa shape index (κ1) is 16.1. The van der Waals surface area contributed by atoms with Crippen LogP contribution in [0.1, 0.15) is 68.9 Å². The molecule has 0 saturated heterocycles. The molecule has 1 saturated carbocycles. The van der Waals surface area contributed by atoms with E-state index in [0.29, 0.717) is 17.7 Å². The average Bonchev–Trinajstić information content (AvgIpc) is 3.35. The van der Waals surface area contributed by atoms with Crippen LogP contribution in [0.4, 0.5) is 0 Å². The summed E-state index contributed by atoms with van der Waals surface area (Å²) < 4.78 is 8.22. The molecule has 0 spiro atoms. The molecule has 2 bridgehead atoms. The van der Waals surface area contributed by atoms with E-state index in [4.69, 9.17) is 21.1 Å². The minimum atomic E-state index is -0.0633. The fourth-order valence-electron chi connectivity index (χ4n) is 4.40. The van der Waals surface area contributed by atoms with E-state index in [1.54, 1.807) is 0 Å². The van der Waals surface area contributed by atoms with Crippen LogP contribution in [0.3, 0.4) is 0 Å². The molecule has 2 aromatic heterocycles. The van der Waals surface area contributed by atoms with Crippen molar-refractivity contribution in [2.75, 3.05) is 0 Å². The number of nitrogens with zero attached hydrogens (tertiary/aromatic N) is 3. The van der Waals surface area contributed by atoms with Crippen molar-refractivity contribution in [3.8, 4) is 17.3 Å². The van der Waals surface area contributed by atoms with Gasteiger partial charge in [0.05, 0.1) is 17.6 Å². The molecule has 0 N–H and O–H groups in total. The number of benzene rings is 1. The highest BCUT2D eigenvalue weighted by Crippen LogP contribution is 2.56. The summed E-state index contributed by atoms with van der Waals surface area (Å²) in [6.45, 7) is 6.40. The molecule has 3 aromatic rings. The zero-order chi connectivity index (χ0) is 18.1. The molecular weight excluding hydrogens is 346 g/mol. The van der Waals surface area contributed by atoms with Crippen LogP contribution in [-0.4, -0.2) is 14.8 Å². The molecule has 2 heterocycles. The number of aromatic nitrogens is 3. The topological polar surface area (TPSA) is 43.9 Å². The number of halogens is 1. The van der Waals surface area contributed by atoms with E-state index in [2.05, 4.69) is 30.4 Å². The van der Waals surface area contributed by atoms with Crippen LogP contribution in [0.5, 0.6) is 0 Å². The van der Waals surface area contributed by atoms with Gasteiger partial charge >= 0.3 is 0 Å². The molecule has 26 heavy (non-hydrogen) atoms.